The predicted molar refractivity (Wildman–Crippen MR) is 93.0 cm³/mol. The van der Waals surface area contributed by atoms with E-state index in [-0.39, 0.29) is 26.9 Å². The molecule has 2 aromatic rings. The van der Waals surface area contributed by atoms with E-state index in [1.54, 1.807) is 0 Å². The van der Waals surface area contributed by atoms with Gasteiger partial charge in [0.15, 0.2) is 0 Å². The SMILES string of the molecule is CC(C)(C)C(NS(=O)(=O)c1ccc(Cl)c(C#N)c1)c1cccs1. The highest BCUT2D eigenvalue weighted by molar-refractivity contribution is 7.89. The molecule has 1 unspecified atom stereocenters. The van der Waals surface area contributed by atoms with E-state index in [1.807, 2.05) is 44.4 Å². The molecule has 1 aromatic carbocycles. The second-order valence-corrected chi connectivity index (χ2v) is 9.29. The second kappa shape index (κ2) is 6.62. The number of thiophene rings is 1. The summed E-state index contributed by atoms with van der Waals surface area (Å²) < 4.78 is 28.2. The predicted octanol–water partition coefficient (Wildman–Crippen LogP) is 4.34. The van der Waals surface area contributed by atoms with Crippen LogP contribution < -0.4 is 4.72 Å². The molecule has 0 spiro atoms. The van der Waals surface area contributed by atoms with Gasteiger partial charge in [-0.2, -0.15) is 5.26 Å². The van der Waals surface area contributed by atoms with E-state index in [0.717, 1.165) is 4.88 Å². The summed E-state index contributed by atoms with van der Waals surface area (Å²) in [5.41, 5.74) is -0.166. The number of halogens is 1. The summed E-state index contributed by atoms with van der Waals surface area (Å²) >= 11 is 7.37. The molecule has 0 fully saturated rings. The molecule has 0 aliphatic carbocycles. The Morgan fingerprint density at radius 1 is 1.30 bits per heavy atom. The molecule has 1 heterocycles. The normalized spacial score (nSPS) is 13.5. The van der Waals surface area contributed by atoms with Crippen molar-refractivity contribution in [3.05, 3.63) is 51.2 Å². The zero-order chi connectivity index (χ0) is 17.3. The summed E-state index contributed by atoms with van der Waals surface area (Å²) in [5, 5.41) is 11.2. The minimum atomic E-state index is -3.77. The van der Waals surface area contributed by atoms with Gasteiger partial charge in [0.25, 0.3) is 0 Å². The molecule has 0 saturated heterocycles. The van der Waals surface area contributed by atoms with Crippen molar-refractivity contribution in [1.29, 1.82) is 5.26 Å². The van der Waals surface area contributed by atoms with E-state index < -0.39 is 10.0 Å². The van der Waals surface area contributed by atoms with Crippen LogP contribution in [0, 0.1) is 16.7 Å². The summed E-state index contributed by atoms with van der Waals surface area (Å²) in [6.45, 7) is 5.92. The first-order valence-electron chi connectivity index (χ1n) is 6.90. The maximum absolute atomic E-state index is 12.7. The van der Waals surface area contributed by atoms with Gasteiger partial charge in [0.1, 0.15) is 6.07 Å². The van der Waals surface area contributed by atoms with Crippen LogP contribution in [-0.2, 0) is 10.0 Å². The van der Waals surface area contributed by atoms with Crippen LogP contribution in [0.4, 0.5) is 0 Å². The highest BCUT2D eigenvalue weighted by atomic mass is 35.5. The van der Waals surface area contributed by atoms with Gasteiger partial charge in [0.2, 0.25) is 10.0 Å². The molecular formula is C16H17ClN2O2S2. The number of nitrogens with one attached hydrogen (secondary N) is 1. The molecule has 122 valence electrons. The minimum absolute atomic E-state index is 0.0317. The first-order valence-corrected chi connectivity index (χ1v) is 9.64. The lowest BCUT2D eigenvalue weighted by atomic mass is 9.86. The van der Waals surface area contributed by atoms with Gasteiger partial charge in [-0.1, -0.05) is 38.4 Å². The average molecular weight is 369 g/mol. The molecule has 1 N–H and O–H groups in total. The number of sulfonamides is 1. The average Bonchev–Trinajstić information content (AvgIpc) is 2.97. The van der Waals surface area contributed by atoms with Gasteiger partial charge in [-0.05, 0) is 35.1 Å². The fraction of sp³-hybridized carbons (Fsp3) is 0.312. The third-order valence-corrected chi connectivity index (χ3v) is 6.02. The monoisotopic (exact) mass is 368 g/mol. The van der Waals surface area contributed by atoms with E-state index in [1.165, 1.54) is 29.5 Å². The van der Waals surface area contributed by atoms with Gasteiger partial charge in [0, 0.05) is 4.88 Å². The van der Waals surface area contributed by atoms with Crippen LogP contribution >= 0.6 is 22.9 Å². The van der Waals surface area contributed by atoms with Gasteiger partial charge in [0.05, 0.1) is 21.5 Å². The summed E-state index contributed by atoms with van der Waals surface area (Å²) in [4.78, 5) is 0.972. The number of benzene rings is 1. The second-order valence-electron chi connectivity index (χ2n) is 6.19. The molecule has 0 aliphatic rings. The Morgan fingerprint density at radius 2 is 2.00 bits per heavy atom. The molecule has 1 aromatic heterocycles. The summed E-state index contributed by atoms with van der Waals surface area (Å²) in [7, 11) is -3.77. The maximum atomic E-state index is 12.7. The summed E-state index contributed by atoms with van der Waals surface area (Å²) in [5.74, 6) is 0. The van der Waals surface area contributed by atoms with Crippen molar-refractivity contribution in [2.75, 3.05) is 0 Å². The Balaban J connectivity index is 2.42. The van der Waals surface area contributed by atoms with Crippen molar-refractivity contribution in [2.24, 2.45) is 5.41 Å². The Hall–Kier alpha value is -1.39. The molecule has 0 saturated carbocycles. The van der Waals surface area contributed by atoms with Gasteiger partial charge in [-0.25, -0.2) is 13.1 Å². The molecule has 0 amide bonds. The lowest BCUT2D eigenvalue weighted by Gasteiger charge is -2.30. The van der Waals surface area contributed by atoms with Crippen LogP contribution in [-0.4, -0.2) is 8.42 Å². The zero-order valence-electron chi connectivity index (χ0n) is 13.0. The van der Waals surface area contributed by atoms with Crippen LogP contribution in [0.25, 0.3) is 0 Å². The van der Waals surface area contributed by atoms with E-state index in [0.29, 0.717) is 0 Å². The van der Waals surface area contributed by atoms with Gasteiger partial charge in [-0.3, -0.25) is 0 Å². The molecular weight excluding hydrogens is 352 g/mol. The highest BCUT2D eigenvalue weighted by Crippen LogP contribution is 2.36. The fourth-order valence-corrected chi connectivity index (χ4v) is 4.80. The fourth-order valence-electron chi connectivity index (χ4n) is 2.10. The lowest BCUT2D eigenvalue weighted by molar-refractivity contribution is 0.308. The number of hydrogen-bond donors (Lipinski definition) is 1. The van der Waals surface area contributed by atoms with E-state index in [9.17, 15) is 8.42 Å². The highest BCUT2D eigenvalue weighted by Gasteiger charge is 2.31. The van der Waals surface area contributed by atoms with Crippen molar-refractivity contribution in [2.45, 2.75) is 31.7 Å². The zero-order valence-corrected chi connectivity index (χ0v) is 15.4. The minimum Gasteiger partial charge on any atom is -0.207 e. The molecule has 0 aliphatic heterocycles. The van der Waals surface area contributed by atoms with E-state index in [4.69, 9.17) is 16.9 Å². The first kappa shape index (κ1) is 18.0. The Morgan fingerprint density at radius 3 is 2.52 bits per heavy atom. The van der Waals surface area contributed by atoms with E-state index >= 15 is 0 Å². The molecule has 2 rings (SSSR count). The number of rotatable bonds is 4. The van der Waals surface area contributed by atoms with Crippen molar-refractivity contribution in [3.8, 4) is 6.07 Å². The molecule has 1 atom stereocenters. The van der Waals surface area contributed by atoms with Gasteiger partial charge >= 0.3 is 0 Å². The summed E-state index contributed by atoms with van der Waals surface area (Å²) in [6, 6.07) is 9.45. The van der Waals surface area contributed by atoms with Crippen LogP contribution in [0.5, 0.6) is 0 Å². The van der Waals surface area contributed by atoms with Crippen LogP contribution in [0.2, 0.25) is 5.02 Å². The summed E-state index contributed by atoms with van der Waals surface area (Å²) in [6.07, 6.45) is 0. The van der Waals surface area contributed by atoms with Crippen molar-refractivity contribution in [3.63, 3.8) is 0 Å². The van der Waals surface area contributed by atoms with Crippen molar-refractivity contribution in [1.82, 2.24) is 4.72 Å². The van der Waals surface area contributed by atoms with Gasteiger partial charge < -0.3 is 0 Å². The third kappa shape index (κ3) is 4.12. The van der Waals surface area contributed by atoms with Crippen LogP contribution in [0.1, 0.15) is 37.3 Å². The number of nitrogens with zero attached hydrogens (tertiary/aromatic N) is 1. The quantitative estimate of drug-likeness (QED) is 0.872. The molecule has 4 nitrogen and oxygen atoms in total. The molecule has 0 bridgehead atoms. The van der Waals surface area contributed by atoms with Crippen molar-refractivity contribution >= 4 is 33.0 Å². The number of nitriles is 1. The van der Waals surface area contributed by atoms with Crippen LogP contribution in [0.15, 0.2) is 40.6 Å². The Kier molecular flexibility index (Phi) is 5.17. The Labute approximate surface area is 145 Å². The topological polar surface area (TPSA) is 70.0 Å². The van der Waals surface area contributed by atoms with E-state index in [2.05, 4.69) is 4.72 Å². The Bertz CT molecular complexity index is 832. The molecule has 0 radical (unpaired) electrons. The van der Waals surface area contributed by atoms with Crippen molar-refractivity contribution < 1.29 is 8.42 Å². The largest absolute Gasteiger partial charge is 0.241 e. The standard InChI is InChI=1S/C16H17ClN2O2S2/c1-16(2,3)15(14-5-4-8-22-14)19-23(20,21)12-6-7-13(17)11(9-12)10-18/h4-9,15,19H,1-3H3. The molecule has 7 heteroatoms. The molecule has 23 heavy (non-hydrogen) atoms. The number of hydrogen-bond acceptors (Lipinski definition) is 4. The first-order chi connectivity index (χ1) is 10.6. The third-order valence-electron chi connectivity index (χ3n) is 3.34. The van der Waals surface area contributed by atoms with Crippen LogP contribution in [0.3, 0.4) is 0 Å². The lowest BCUT2D eigenvalue weighted by Crippen LogP contribution is -2.36. The smallest absolute Gasteiger partial charge is 0.207 e. The maximum Gasteiger partial charge on any atom is 0.241 e. The van der Waals surface area contributed by atoms with Gasteiger partial charge in [-0.15, -0.1) is 11.3 Å².